The van der Waals surface area contributed by atoms with Crippen molar-refractivity contribution in [2.45, 2.75) is 13.2 Å². The van der Waals surface area contributed by atoms with Crippen LogP contribution in [-0.2, 0) is 31.6 Å². The van der Waals surface area contributed by atoms with Gasteiger partial charge in [-0.3, -0.25) is 4.57 Å². The molecule has 0 atom stereocenters. The Morgan fingerprint density at radius 1 is 0.818 bits per heavy atom. The maximum Gasteiger partial charge on any atom is 0.368 e. The Morgan fingerprint density at radius 2 is 1.33 bits per heavy atom. The van der Waals surface area contributed by atoms with Gasteiger partial charge in [-0.05, 0) is 34.9 Å². The van der Waals surface area contributed by atoms with Gasteiger partial charge in [0.2, 0.25) is 0 Å². The number of carbonyl (C=O) groups is 1. The van der Waals surface area contributed by atoms with Crippen LogP contribution in [0.15, 0.2) is 84.2 Å². The molecule has 0 saturated carbocycles. The standard InChI is InChI=1S/C25H25O7P/c1-29-33(28,30-2)24(25(26)27)16-21-13-14-22(31-17-19-9-5-3-6-10-19)23(15-21)32-18-20-11-7-4-8-12-20/h3-16H,17-18H2,1-2H3,(H,26,27)/b24-16-. The van der Waals surface area contributed by atoms with Crippen LogP contribution in [0.4, 0.5) is 0 Å². The zero-order chi connectivity index (χ0) is 23.7. The van der Waals surface area contributed by atoms with Gasteiger partial charge in [0.15, 0.2) is 11.5 Å². The number of benzene rings is 3. The molecule has 0 aliphatic carbocycles. The molecular formula is C25H25O7P. The molecule has 0 amide bonds. The SMILES string of the molecule is COP(=O)(OC)/C(=C\c1ccc(OCc2ccccc2)c(OCc2ccccc2)c1)C(=O)O. The zero-order valence-electron chi connectivity index (χ0n) is 18.3. The van der Waals surface area contributed by atoms with Gasteiger partial charge in [-0.25, -0.2) is 4.79 Å². The molecule has 172 valence electrons. The molecule has 0 radical (unpaired) electrons. The summed E-state index contributed by atoms with van der Waals surface area (Å²) in [5.41, 5.74) is 2.39. The maximum atomic E-state index is 12.7. The summed E-state index contributed by atoms with van der Waals surface area (Å²) in [6.45, 7) is 0.622. The molecule has 8 heteroatoms. The van der Waals surface area contributed by atoms with E-state index in [-0.39, 0.29) is 6.61 Å². The van der Waals surface area contributed by atoms with Crippen LogP contribution in [0.25, 0.3) is 6.08 Å². The lowest BCUT2D eigenvalue weighted by Crippen LogP contribution is -2.05. The highest BCUT2D eigenvalue weighted by molar-refractivity contribution is 7.60. The second kappa shape index (κ2) is 11.5. The van der Waals surface area contributed by atoms with Gasteiger partial charge in [-0.2, -0.15) is 0 Å². The summed E-state index contributed by atoms with van der Waals surface area (Å²) in [7, 11) is -1.70. The van der Waals surface area contributed by atoms with Crippen LogP contribution in [0.2, 0.25) is 0 Å². The Bertz CT molecular complexity index is 1140. The highest BCUT2D eigenvalue weighted by atomic mass is 31.2. The van der Waals surface area contributed by atoms with Crippen LogP contribution in [0.5, 0.6) is 11.5 Å². The Hall–Kier alpha value is -3.38. The van der Waals surface area contributed by atoms with Crippen LogP contribution < -0.4 is 9.47 Å². The van der Waals surface area contributed by atoms with E-state index in [4.69, 9.17) is 18.5 Å². The van der Waals surface area contributed by atoms with Crippen LogP contribution in [-0.4, -0.2) is 25.3 Å². The lowest BCUT2D eigenvalue weighted by atomic mass is 10.1. The van der Waals surface area contributed by atoms with E-state index in [0.29, 0.717) is 23.7 Å². The van der Waals surface area contributed by atoms with Crippen molar-refractivity contribution in [3.8, 4) is 11.5 Å². The Balaban J connectivity index is 1.93. The van der Waals surface area contributed by atoms with Gasteiger partial charge in [-0.15, -0.1) is 0 Å². The van der Waals surface area contributed by atoms with Gasteiger partial charge in [0, 0.05) is 14.2 Å². The summed E-state index contributed by atoms with van der Waals surface area (Å²) in [4.78, 5) is 11.7. The van der Waals surface area contributed by atoms with E-state index in [2.05, 4.69) is 0 Å². The van der Waals surface area contributed by atoms with Crippen LogP contribution in [0.1, 0.15) is 16.7 Å². The molecule has 0 aliphatic heterocycles. The van der Waals surface area contributed by atoms with E-state index in [1.165, 1.54) is 6.08 Å². The molecule has 0 spiro atoms. The number of aliphatic carboxylic acids is 1. The topological polar surface area (TPSA) is 91.3 Å². The van der Waals surface area contributed by atoms with Crippen molar-refractivity contribution in [1.29, 1.82) is 0 Å². The van der Waals surface area contributed by atoms with Crippen molar-refractivity contribution in [1.82, 2.24) is 0 Å². The molecule has 1 N–H and O–H groups in total. The molecule has 0 aromatic heterocycles. The van der Waals surface area contributed by atoms with Crippen molar-refractivity contribution in [2.24, 2.45) is 0 Å². The molecule has 0 unspecified atom stereocenters. The van der Waals surface area contributed by atoms with Crippen molar-refractivity contribution < 1.29 is 33.0 Å². The molecule has 3 aromatic carbocycles. The minimum Gasteiger partial charge on any atom is -0.485 e. The number of carboxylic acid groups (broad SMARTS) is 1. The second-order valence-electron chi connectivity index (χ2n) is 6.95. The van der Waals surface area contributed by atoms with Gasteiger partial charge in [0.05, 0.1) is 0 Å². The number of rotatable bonds is 11. The van der Waals surface area contributed by atoms with Gasteiger partial charge >= 0.3 is 13.6 Å². The highest BCUT2D eigenvalue weighted by Crippen LogP contribution is 2.55. The first-order valence-electron chi connectivity index (χ1n) is 10.1. The summed E-state index contributed by atoms with van der Waals surface area (Å²) >= 11 is 0. The summed E-state index contributed by atoms with van der Waals surface area (Å²) in [5, 5.41) is 9.08. The summed E-state index contributed by atoms with van der Waals surface area (Å²) in [6.07, 6.45) is 1.24. The molecule has 3 rings (SSSR count). The first kappa shape index (κ1) is 24.3. The van der Waals surface area contributed by atoms with Gasteiger partial charge < -0.3 is 23.6 Å². The Labute approximate surface area is 192 Å². The predicted molar refractivity (Wildman–Crippen MR) is 125 cm³/mol. The third-order valence-electron chi connectivity index (χ3n) is 4.74. The molecule has 33 heavy (non-hydrogen) atoms. The van der Waals surface area contributed by atoms with Gasteiger partial charge in [-0.1, -0.05) is 66.7 Å². The Kier molecular flexibility index (Phi) is 8.44. The van der Waals surface area contributed by atoms with Gasteiger partial charge in [0.1, 0.15) is 18.5 Å². The first-order chi connectivity index (χ1) is 15.9. The number of hydrogen-bond acceptors (Lipinski definition) is 6. The summed E-state index contributed by atoms with van der Waals surface area (Å²) in [5.74, 6) is -0.499. The molecule has 0 aliphatic rings. The maximum absolute atomic E-state index is 12.7. The molecule has 0 heterocycles. The van der Waals surface area contributed by atoms with E-state index >= 15 is 0 Å². The quantitative estimate of drug-likeness (QED) is 0.283. The average molecular weight is 468 g/mol. The lowest BCUT2D eigenvalue weighted by Gasteiger charge is -2.16. The summed E-state index contributed by atoms with van der Waals surface area (Å²) < 4.78 is 34.3. The third kappa shape index (κ3) is 6.56. The van der Waals surface area contributed by atoms with Crippen LogP contribution >= 0.6 is 7.60 Å². The van der Waals surface area contributed by atoms with E-state index in [9.17, 15) is 14.5 Å². The lowest BCUT2D eigenvalue weighted by molar-refractivity contribution is -0.131. The first-order valence-corrected chi connectivity index (χ1v) is 11.6. The van der Waals surface area contributed by atoms with Gasteiger partial charge in [0.25, 0.3) is 0 Å². The molecule has 0 fully saturated rings. The van der Waals surface area contributed by atoms with Crippen LogP contribution in [0, 0.1) is 0 Å². The number of carboxylic acids is 1. The van der Waals surface area contributed by atoms with E-state index < -0.39 is 18.9 Å². The fourth-order valence-corrected chi connectivity index (χ4v) is 4.09. The van der Waals surface area contributed by atoms with E-state index in [1.807, 2.05) is 60.7 Å². The van der Waals surface area contributed by atoms with Crippen LogP contribution in [0.3, 0.4) is 0 Å². The molecule has 3 aromatic rings. The summed E-state index contributed by atoms with van der Waals surface area (Å²) in [6, 6.07) is 24.3. The fourth-order valence-electron chi connectivity index (χ4n) is 3.00. The smallest absolute Gasteiger partial charge is 0.368 e. The number of hydrogen-bond donors (Lipinski definition) is 1. The average Bonchev–Trinajstić information content (AvgIpc) is 2.86. The zero-order valence-corrected chi connectivity index (χ0v) is 19.2. The largest absolute Gasteiger partial charge is 0.485 e. The molecule has 0 saturated heterocycles. The van der Waals surface area contributed by atoms with Crippen molar-refractivity contribution in [3.63, 3.8) is 0 Å². The number of ether oxygens (including phenoxy) is 2. The second-order valence-corrected chi connectivity index (χ2v) is 9.16. The van der Waals surface area contributed by atoms with Crippen molar-refractivity contribution >= 4 is 19.6 Å². The van der Waals surface area contributed by atoms with Crippen molar-refractivity contribution in [3.05, 3.63) is 101 Å². The Morgan fingerprint density at radius 3 is 1.82 bits per heavy atom. The minimum absolute atomic E-state index is 0.288. The molecule has 7 nitrogen and oxygen atoms in total. The minimum atomic E-state index is -3.97. The molecule has 0 bridgehead atoms. The van der Waals surface area contributed by atoms with E-state index in [1.54, 1.807) is 18.2 Å². The normalized spacial score (nSPS) is 11.8. The monoisotopic (exact) mass is 468 g/mol. The fraction of sp³-hybridized carbons (Fsp3) is 0.160. The third-order valence-corrected chi connectivity index (χ3v) is 6.61. The van der Waals surface area contributed by atoms with Crippen molar-refractivity contribution in [2.75, 3.05) is 14.2 Å². The highest BCUT2D eigenvalue weighted by Gasteiger charge is 2.33. The van der Waals surface area contributed by atoms with E-state index in [0.717, 1.165) is 25.3 Å². The molecular weight excluding hydrogens is 443 g/mol. The predicted octanol–water partition coefficient (Wildman–Crippen LogP) is 5.76.